The van der Waals surface area contributed by atoms with E-state index in [1.165, 1.54) is 51.8 Å². The van der Waals surface area contributed by atoms with Gasteiger partial charge in [-0.05, 0) is 0 Å². The van der Waals surface area contributed by atoms with Crippen molar-refractivity contribution in [3.63, 3.8) is 0 Å². The van der Waals surface area contributed by atoms with Crippen molar-refractivity contribution in [3.05, 3.63) is 35.4 Å². The molecule has 1 aromatic rings. The van der Waals surface area contributed by atoms with Crippen LogP contribution in [0.1, 0.15) is 70.4 Å². The van der Waals surface area contributed by atoms with Crippen LogP contribution in [0.15, 0.2) is 24.3 Å². The van der Waals surface area contributed by atoms with Crippen LogP contribution >= 0.6 is 0 Å². The first-order valence-corrected chi connectivity index (χ1v) is 16.7. The Morgan fingerprint density at radius 1 is 0.783 bits per heavy atom. The van der Waals surface area contributed by atoms with E-state index in [0.29, 0.717) is 5.56 Å². The maximum absolute atomic E-state index is 8.90. The zero-order chi connectivity index (χ0) is 17.0. The van der Waals surface area contributed by atoms with Crippen LogP contribution in [0.25, 0.3) is 0 Å². The number of unbranched alkanes of at least 4 members (excludes halogenated alkanes) is 3. The molecule has 0 aliphatic rings. The normalized spacial score (nSPS) is 10.7. The molecule has 0 N–H and O–H groups in total. The molecule has 0 fully saturated rings. The van der Waals surface area contributed by atoms with Gasteiger partial charge >= 0.3 is 148 Å². The Balaban J connectivity index is 2.99. The van der Waals surface area contributed by atoms with Crippen molar-refractivity contribution in [2.24, 2.45) is 0 Å². The number of rotatable bonds is 9. The fraction of sp³-hybridized carbons (Fsp3) is 0.571. The number of nitrogens with zero attached hydrogens (tertiary/aromatic N) is 1. The molecule has 1 nitrogen and oxygen atoms in total. The zero-order valence-corrected chi connectivity index (χ0v) is 18.0. The summed E-state index contributed by atoms with van der Waals surface area (Å²) in [7, 11) is 0. The van der Waals surface area contributed by atoms with E-state index in [9.17, 15) is 0 Å². The summed E-state index contributed by atoms with van der Waals surface area (Å²) < 4.78 is 8.14. The molecular weight excluding hydrogens is 385 g/mol. The van der Waals surface area contributed by atoms with Gasteiger partial charge in [-0.1, -0.05) is 0 Å². The maximum atomic E-state index is 8.90. The van der Waals surface area contributed by atoms with Crippen LogP contribution in [0.4, 0.5) is 0 Å². The standard InChI is InChI=1S/C9H4N.3C4H9.Sn/c1-2-8-3-5-9(7-10)6-4-8;3*1-3-4-2;/h3-6H;3*1,3-4H2,2H3;. The fourth-order valence-electron chi connectivity index (χ4n) is 2.94. The van der Waals surface area contributed by atoms with Gasteiger partial charge < -0.3 is 0 Å². The summed E-state index contributed by atoms with van der Waals surface area (Å²) in [6, 6.07) is 9.94. The van der Waals surface area contributed by atoms with Crippen LogP contribution in [0, 0.1) is 21.2 Å². The molecule has 0 aliphatic carbocycles. The average molecular weight is 416 g/mol. The van der Waals surface area contributed by atoms with Crippen LogP contribution in [0.5, 0.6) is 0 Å². The Labute approximate surface area is 147 Å². The molecule has 2 heteroatoms. The monoisotopic (exact) mass is 417 g/mol. The van der Waals surface area contributed by atoms with Gasteiger partial charge in [0.1, 0.15) is 0 Å². The second-order valence-electron chi connectivity index (χ2n) is 6.53. The van der Waals surface area contributed by atoms with Crippen molar-refractivity contribution < 1.29 is 0 Å². The summed E-state index contributed by atoms with van der Waals surface area (Å²) >= 11 is -2.34. The molecule has 0 amide bonds. The molecule has 0 heterocycles. The van der Waals surface area contributed by atoms with Crippen LogP contribution in [-0.2, 0) is 0 Å². The summed E-state index contributed by atoms with van der Waals surface area (Å²) in [6.45, 7) is 6.89. The molecule has 0 spiro atoms. The van der Waals surface area contributed by atoms with E-state index in [2.05, 4.69) is 36.7 Å². The van der Waals surface area contributed by atoms with Gasteiger partial charge in [-0.25, -0.2) is 0 Å². The van der Waals surface area contributed by atoms with E-state index in [0.717, 1.165) is 5.56 Å². The number of nitriles is 1. The molecule has 0 atom stereocenters. The summed E-state index contributed by atoms with van der Waals surface area (Å²) in [5.41, 5.74) is 1.79. The Kier molecular flexibility index (Phi) is 10.1. The van der Waals surface area contributed by atoms with Crippen molar-refractivity contribution in [1.82, 2.24) is 0 Å². The second kappa shape index (κ2) is 11.6. The zero-order valence-electron chi connectivity index (χ0n) is 15.1. The number of hydrogen-bond acceptors (Lipinski definition) is 1. The molecule has 0 aromatic heterocycles. The summed E-state index contributed by atoms with van der Waals surface area (Å²) in [5.74, 6) is 3.50. The van der Waals surface area contributed by atoms with Crippen LogP contribution in [0.2, 0.25) is 13.3 Å². The van der Waals surface area contributed by atoms with E-state index >= 15 is 0 Å². The number of hydrogen-bond donors (Lipinski definition) is 0. The Hall–Kier alpha value is -0.931. The van der Waals surface area contributed by atoms with Gasteiger partial charge in [0.05, 0.1) is 0 Å². The molecule has 0 aliphatic heterocycles. The Morgan fingerprint density at radius 3 is 1.61 bits per heavy atom. The second-order valence-corrected chi connectivity index (χ2v) is 18.8. The van der Waals surface area contributed by atoms with Gasteiger partial charge in [0.15, 0.2) is 0 Å². The van der Waals surface area contributed by atoms with Crippen LogP contribution in [0.3, 0.4) is 0 Å². The van der Waals surface area contributed by atoms with Crippen molar-refractivity contribution in [2.75, 3.05) is 0 Å². The van der Waals surface area contributed by atoms with Crippen LogP contribution in [-0.4, -0.2) is 18.4 Å². The predicted octanol–water partition coefficient (Wildman–Crippen LogP) is 6.30. The van der Waals surface area contributed by atoms with Gasteiger partial charge in [0.25, 0.3) is 0 Å². The van der Waals surface area contributed by atoms with E-state index in [1.54, 1.807) is 0 Å². The third kappa shape index (κ3) is 7.45. The van der Waals surface area contributed by atoms with E-state index < -0.39 is 18.4 Å². The first-order valence-electron chi connectivity index (χ1n) is 9.23. The fourth-order valence-corrected chi connectivity index (χ4v) is 16.1. The summed E-state index contributed by atoms with van der Waals surface area (Å²) in [4.78, 5) is 0. The minimum atomic E-state index is -2.34. The first-order chi connectivity index (χ1) is 11.2. The number of benzene rings is 1. The van der Waals surface area contributed by atoms with Crippen LogP contribution < -0.4 is 0 Å². The summed E-state index contributed by atoms with van der Waals surface area (Å²) in [6.07, 6.45) is 7.92. The molecule has 124 valence electrons. The topological polar surface area (TPSA) is 23.8 Å². The molecule has 1 aromatic carbocycles. The third-order valence-electron chi connectivity index (χ3n) is 4.51. The Bertz CT molecular complexity index is 520. The average Bonchev–Trinajstić information content (AvgIpc) is 2.61. The minimum absolute atomic E-state index is 0.716. The van der Waals surface area contributed by atoms with Gasteiger partial charge in [0.2, 0.25) is 0 Å². The molecule has 0 saturated carbocycles. The molecule has 23 heavy (non-hydrogen) atoms. The quantitative estimate of drug-likeness (QED) is 0.343. The third-order valence-corrected chi connectivity index (χ3v) is 17.6. The van der Waals surface area contributed by atoms with Crippen molar-refractivity contribution >= 4 is 18.4 Å². The van der Waals surface area contributed by atoms with E-state index in [-0.39, 0.29) is 0 Å². The molecule has 0 radical (unpaired) electrons. The van der Waals surface area contributed by atoms with Crippen molar-refractivity contribution in [2.45, 2.75) is 72.6 Å². The molecule has 0 bridgehead atoms. The molecule has 0 unspecified atom stereocenters. The van der Waals surface area contributed by atoms with Crippen molar-refractivity contribution in [1.29, 1.82) is 5.26 Å². The van der Waals surface area contributed by atoms with Gasteiger partial charge in [0, 0.05) is 0 Å². The van der Waals surface area contributed by atoms with Gasteiger partial charge in [-0.3, -0.25) is 0 Å². The molecule has 0 saturated heterocycles. The predicted molar refractivity (Wildman–Crippen MR) is 103 cm³/mol. The van der Waals surface area contributed by atoms with Gasteiger partial charge in [-0.2, -0.15) is 0 Å². The van der Waals surface area contributed by atoms with Gasteiger partial charge in [-0.15, -0.1) is 0 Å². The van der Waals surface area contributed by atoms with E-state index in [1.807, 2.05) is 24.3 Å². The summed E-state index contributed by atoms with van der Waals surface area (Å²) in [5, 5.41) is 8.90. The first kappa shape index (κ1) is 20.1. The van der Waals surface area contributed by atoms with E-state index in [4.69, 9.17) is 5.26 Å². The molecule has 1 rings (SSSR count). The molecular formula is C21H31NSn. The Morgan fingerprint density at radius 2 is 1.22 bits per heavy atom. The van der Waals surface area contributed by atoms with Crippen molar-refractivity contribution in [3.8, 4) is 15.9 Å². The SMILES string of the molecule is CCC[CH2][Sn]([C]#Cc1ccc(C#N)cc1)([CH2]CCC)[CH2]CCC.